The van der Waals surface area contributed by atoms with Crippen LogP contribution in [-0.2, 0) is 11.2 Å². The lowest BCUT2D eigenvalue weighted by molar-refractivity contribution is -0.136. The number of rotatable bonds is 7. The van der Waals surface area contributed by atoms with Crippen molar-refractivity contribution in [2.45, 2.75) is 19.8 Å². The van der Waals surface area contributed by atoms with Crippen molar-refractivity contribution < 1.29 is 19.1 Å². The molecule has 0 saturated heterocycles. The summed E-state index contributed by atoms with van der Waals surface area (Å²) in [6.07, 6.45) is 2.00. The maximum Gasteiger partial charge on any atom is 0.314 e. The average molecular weight is 317 g/mol. The number of hydrogen-bond acceptors (Lipinski definition) is 4. The zero-order valence-corrected chi connectivity index (χ0v) is 12.8. The molecule has 0 bridgehead atoms. The monoisotopic (exact) mass is 317 g/mol. The fraction of sp³-hybridized carbons (Fsp3) is 0.312. The predicted molar refractivity (Wildman–Crippen MR) is 84.0 cm³/mol. The van der Waals surface area contributed by atoms with E-state index in [1.807, 2.05) is 31.2 Å². The number of hydrogen-bond donors (Lipinski definition) is 3. The van der Waals surface area contributed by atoms with Gasteiger partial charge in [0.25, 0.3) is 0 Å². The Morgan fingerprint density at radius 3 is 2.57 bits per heavy atom. The van der Waals surface area contributed by atoms with E-state index >= 15 is 0 Å². The number of carboxylic acids is 1. The molecule has 0 fully saturated rings. The number of carbonyl (C=O) groups excluding carboxylic acids is 1. The summed E-state index contributed by atoms with van der Waals surface area (Å²) in [5.41, 5.74) is 2.81. The van der Waals surface area contributed by atoms with Crippen LogP contribution in [0.1, 0.15) is 17.7 Å². The molecule has 1 aromatic heterocycles. The molecule has 122 valence electrons. The molecule has 2 rings (SSSR count). The van der Waals surface area contributed by atoms with Crippen LogP contribution in [0.5, 0.6) is 0 Å². The Hall–Kier alpha value is -2.83. The van der Waals surface area contributed by atoms with Gasteiger partial charge in [-0.3, -0.25) is 4.79 Å². The fourth-order valence-corrected chi connectivity index (χ4v) is 1.90. The molecule has 1 aromatic carbocycles. The van der Waals surface area contributed by atoms with Crippen molar-refractivity contribution in [1.29, 1.82) is 0 Å². The van der Waals surface area contributed by atoms with Gasteiger partial charge < -0.3 is 20.2 Å². The maximum atomic E-state index is 11.4. The summed E-state index contributed by atoms with van der Waals surface area (Å²) in [6, 6.07) is 7.47. The number of oxazole rings is 1. The highest BCUT2D eigenvalue weighted by Crippen LogP contribution is 2.19. The molecule has 0 saturated carbocycles. The van der Waals surface area contributed by atoms with Gasteiger partial charge >= 0.3 is 12.0 Å². The third-order valence-electron chi connectivity index (χ3n) is 3.14. The van der Waals surface area contributed by atoms with Crippen molar-refractivity contribution in [3.63, 3.8) is 0 Å². The minimum absolute atomic E-state index is 0.0999. The molecule has 3 N–H and O–H groups in total. The summed E-state index contributed by atoms with van der Waals surface area (Å²) in [5.74, 6) is -0.401. The van der Waals surface area contributed by atoms with Crippen LogP contribution in [0, 0.1) is 6.92 Å². The van der Waals surface area contributed by atoms with Crippen molar-refractivity contribution in [3.8, 4) is 11.5 Å². The second-order valence-electron chi connectivity index (χ2n) is 5.09. The van der Waals surface area contributed by atoms with Crippen LogP contribution in [-0.4, -0.2) is 35.2 Å². The summed E-state index contributed by atoms with van der Waals surface area (Å²) >= 11 is 0. The summed E-state index contributed by atoms with van der Waals surface area (Å²) in [4.78, 5) is 26.1. The maximum absolute atomic E-state index is 11.4. The molecule has 0 atom stereocenters. The summed E-state index contributed by atoms with van der Waals surface area (Å²) in [7, 11) is 0. The van der Waals surface area contributed by atoms with E-state index in [2.05, 4.69) is 15.6 Å². The van der Waals surface area contributed by atoms with Gasteiger partial charge in [0.2, 0.25) is 5.89 Å². The van der Waals surface area contributed by atoms with E-state index in [0.717, 1.165) is 11.3 Å². The summed E-state index contributed by atoms with van der Waals surface area (Å²) < 4.78 is 5.43. The van der Waals surface area contributed by atoms with Crippen LogP contribution >= 0.6 is 0 Å². The first kappa shape index (κ1) is 16.5. The third kappa shape index (κ3) is 5.46. The molecule has 0 aliphatic heterocycles. The van der Waals surface area contributed by atoms with Crippen molar-refractivity contribution in [1.82, 2.24) is 15.6 Å². The number of urea groups is 1. The van der Waals surface area contributed by atoms with Crippen LogP contribution < -0.4 is 10.6 Å². The summed E-state index contributed by atoms with van der Waals surface area (Å²) in [6.45, 7) is 2.50. The molecule has 0 spiro atoms. The molecule has 0 aliphatic rings. The highest BCUT2D eigenvalue weighted by Gasteiger charge is 2.07. The Morgan fingerprint density at radius 2 is 1.87 bits per heavy atom. The van der Waals surface area contributed by atoms with Crippen LogP contribution in [0.4, 0.5) is 4.79 Å². The van der Waals surface area contributed by atoms with E-state index in [9.17, 15) is 9.59 Å². The first-order valence-corrected chi connectivity index (χ1v) is 7.29. The number of nitrogens with zero attached hydrogens (tertiary/aromatic N) is 1. The molecule has 23 heavy (non-hydrogen) atoms. The van der Waals surface area contributed by atoms with Crippen LogP contribution in [0.15, 0.2) is 34.9 Å². The third-order valence-corrected chi connectivity index (χ3v) is 3.14. The van der Waals surface area contributed by atoms with E-state index < -0.39 is 12.0 Å². The Labute approximate surface area is 133 Å². The highest BCUT2D eigenvalue weighted by molar-refractivity contribution is 5.74. The topological polar surface area (TPSA) is 104 Å². The predicted octanol–water partition coefficient (Wildman–Crippen LogP) is 1.97. The van der Waals surface area contributed by atoms with Gasteiger partial charge in [-0.1, -0.05) is 17.7 Å². The lowest BCUT2D eigenvalue weighted by Gasteiger charge is -2.05. The highest BCUT2D eigenvalue weighted by atomic mass is 16.4. The van der Waals surface area contributed by atoms with Gasteiger partial charge in [-0.2, -0.15) is 0 Å². The average Bonchev–Trinajstić information content (AvgIpc) is 2.96. The minimum atomic E-state index is -0.948. The van der Waals surface area contributed by atoms with E-state index in [4.69, 9.17) is 9.52 Å². The van der Waals surface area contributed by atoms with E-state index in [1.165, 1.54) is 5.56 Å². The molecule has 0 unspecified atom stereocenters. The standard InChI is InChI=1S/C16H19N3O4/c1-11-2-4-12(5-3-11)15-19-13(10-23-15)6-8-17-16(22)18-9-7-14(20)21/h2-5,10H,6-9H2,1H3,(H,20,21)(H2,17,18,22). The number of benzene rings is 1. The molecule has 0 aliphatic carbocycles. The zero-order chi connectivity index (χ0) is 16.7. The number of aliphatic carboxylic acids is 1. The molecule has 0 radical (unpaired) electrons. The van der Waals surface area contributed by atoms with Gasteiger partial charge in [-0.25, -0.2) is 9.78 Å². The Morgan fingerprint density at radius 1 is 1.17 bits per heavy atom. The lowest BCUT2D eigenvalue weighted by atomic mass is 10.1. The number of aryl methyl sites for hydroxylation is 1. The molecule has 1 heterocycles. The number of aromatic nitrogens is 1. The van der Waals surface area contributed by atoms with Crippen molar-refractivity contribution in [2.24, 2.45) is 0 Å². The smallest absolute Gasteiger partial charge is 0.314 e. The molecule has 2 aromatic rings. The molecule has 7 heteroatoms. The van der Waals surface area contributed by atoms with E-state index in [-0.39, 0.29) is 13.0 Å². The number of amides is 2. The fourth-order valence-electron chi connectivity index (χ4n) is 1.90. The second-order valence-corrected chi connectivity index (χ2v) is 5.09. The lowest BCUT2D eigenvalue weighted by Crippen LogP contribution is -2.37. The van der Waals surface area contributed by atoms with Gasteiger partial charge in [0.1, 0.15) is 6.26 Å². The number of carboxylic acid groups (broad SMARTS) is 1. The van der Waals surface area contributed by atoms with Gasteiger partial charge in [0, 0.05) is 25.1 Å². The van der Waals surface area contributed by atoms with Crippen LogP contribution in [0.3, 0.4) is 0 Å². The van der Waals surface area contributed by atoms with Gasteiger partial charge in [0.05, 0.1) is 12.1 Å². The van der Waals surface area contributed by atoms with Crippen molar-refractivity contribution in [3.05, 3.63) is 41.8 Å². The Balaban J connectivity index is 1.75. The Kier molecular flexibility index (Phi) is 5.74. The van der Waals surface area contributed by atoms with Gasteiger partial charge in [-0.05, 0) is 19.1 Å². The van der Waals surface area contributed by atoms with E-state index in [0.29, 0.717) is 18.9 Å². The quantitative estimate of drug-likeness (QED) is 0.724. The molecular weight excluding hydrogens is 298 g/mol. The van der Waals surface area contributed by atoms with Crippen LogP contribution in [0.25, 0.3) is 11.5 Å². The Bertz CT molecular complexity index is 664. The number of nitrogens with one attached hydrogen (secondary N) is 2. The zero-order valence-electron chi connectivity index (χ0n) is 12.8. The van der Waals surface area contributed by atoms with Crippen molar-refractivity contribution in [2.75, 3.05) is 13.1 Å². The first-order chi connectivity index (χ1) is 11.0. The SMILES string of the molecule is Cc1ccc(-c2nc(CCNC(=O)NCCC(=O)O)co2)cc1. The summed E-state index contributed by atoms with van der Waals surface area (Å²) in [5, 5.41) is 13.6. The van der Waals surface area contributed by atoms with E-state index in [1.54, 1.807) is 6.26 Å². The second kappa shape index (κ2) is 7.98. The van der Waals surface area contributed by atoms with Crippen molar-refractivity contribution >= 4 is 12.0 Å². The van der Waals surface area contributed by atoms with Gasteiger partial charge in [0.15, 0.2) is 0 Å². The molecule has 7 nitrogen and oxygen atoms in total. The van der Waals surface area contributed by atoms with Crippen LogP contribution in [0.2, 0.25) is 0 Å². The minimum Gasteiger partial charge on any atom is -0.481 e. The van der Waals surface area contributed by atoms with Gasteiger partial charge in [-0.15, -0.1) is 0 Å². The first-order valence-electron chi connectivity index (χ1n) is 7.29. The molecular formula is C16H19N3O4. The normalized spacial score (nSPS) is 10.3. The number of carbonyl (C=O) groups is 2. The largest absolute Gasteiger partial charge is 0.481 e. The molecule has 2 amide bonds.